The van der Waals surface area contributed by atoms with Crippen LogP contribution in [0.25, 0.3) is 6.20 Å². The van der Waals surface area contributed by atoms with Crippen LogP contribution in [-0.4, -0.2) is 16.6 Å². The zero-order valence-electron chi connectivity index (χ0n) is 8.99. The standard InChI is InChI=1S/C11H17N3/c1-5-6-7-14-10(12-4)8-13-11(14)9(2)3/h5-9,12H,1H2,2-4H3/b7-6-. The van der Waals surface area contributed by atoms with Gasteiger partial charge in [0.05, 0.1) is 6.20 Å². The summed E-state index contributed by atoms with van der Waals surface area (Å²) in [6, 6.07) is 0. The van der Waals surface area contributed by atoms with Crippen molar-refractivity contribution in [3.05, 3.63) is 30.8 Å². The van der Waals surface area contributed by atoms with E-state index in [0.717, 1.165) is 11.6 Å². The second kappa shape index (κ2) is 4.65. The van der Waals surface area contributed by atoms with E-state index in [-0.39, 0.29) is 0 Å². The monoisotopic (exact) mass is 191 g/mol. The van der Waals surface area contributed by atoms with Gasteiger partial charge in [0.1, 0.15) is 11.6 Å². The molecule has 0 saturated heterocycles. The van der Waals surface area contributed by atoms with E-state index in [0.29, 0.717) is 5.92 Å². The summed E-state index contributed by atoms with van der Waals surface area (Å²) in [6.45, 7) is 7.90. The van der Waals surface area contributed by atoms with Gasteiger partial charge < -0.3 is 5.32 Å². The van der Waals surface area contributed by atoms with Gasteiger partial charge in [-0.3, -0.25) is 4.57 Å². The van der Waals surface area contributed by atoms with Crippen LogP contribution in [0.1, 0.15) is 25.6 Å². The van der Waals surface area contributed by atoms with Crippen LogP contribution in [0, 0.1) is 0 Å². The summed E-state index contributed by atoms with van der Waals surface area (Å²) in [5.41, 5.74) is 0. The van der Waals surface area contributed by atoms with Gasteiger partial charge in [-0.1, -0.05) is 26.5 Å². The fourth-order valence-electron chi connectivity index (χ4n) is 1.29. The Kier molecular flexibility index (Phi) is 3.51. The van der Waals surface area contributed by atoms with Crippen LogP contribution in [-0.2, 0) is 0 Å². The van der Waals surface area contributed by atoms with E-state index >= 15 is 0 Å². The number of hydrogen-bond donors (Lipinski definition) is 1. The van der Waals surface area contributed by atoms with Crippen molar-refractivity contribution in [1.82, 2.24) is 9.55 Å². The van der Waals surface area contributed by atoms with E-state index in [9.17, 15) is 0 Å². The van der Waals surface area contributed by atoms with Gasteiger partial charge in [0.15, 0.2) is 0 Å². The Morgan fingerprint density at radius 3 is 2.79 bits per heavy atom. The van der Waals surface area contributed by atoms with Crippen LogP contribution >= 0.6 is 0 Å². The third kappa shape index (κ3) is 2.05. The lowest BCUT2D eigenvalue weighted by Crippen LogP contribution is -2.02. The fraction of sp³-hybridized carbons (Fsp3) is 0.364. The van der Waals surface area contributed by atoms with Gasteiger partial charge in [-0.05, 0) is 6.08 Å². The minimum atomic E-state index is 0.409. The Bertz CT molecular complexity index is 334. The lowest BCUT2D eigenvalue weighted by molar-refractivity contribution is 0.766. The molecule has 0 amide bonds. The molecular formula is C11H17N3. The van der Waals surface area contributed by atoms with Crippen LogP contribution in [0.3, 0.4) is 0 Å². The molecule has 3 nitrogen and oxygen atoms in total. The molecule has 3 heteroatoms. The SMILES string of the molecule is C=C/C=C\n1c(NC)cnc1C(C)C. The highest BCUT2D eigenvalue weighted by Crippen LogP contribution is 2.18. The van der Waals surface area contributed by atoms with E-state index in [4.69, 9.17) is 0 Å². The van der Waals surface area contributed by atoms with Gasteiger partial charge in [0, 0.05) is 19.2 Å². The molecule has 0 unspecified atom stereocenters. The van der Waals surface area contributed by atoms with E-state index < -0.39 is 0 Å². The maximum atomic E-state index is 4.35. The van der Waals surface area contributed by atoms with E-state index in [2.05, 4.69) is 30.7 Å². The number of hydrogen-bond acceptors (Lipinski definition) is 2. The summed E-state index contributed by atoms with van der Waals surface area (Å²) in [5.74, 6) is 2.45. The van der Waals surface area contributed by atoms with Gasteiger partial charge in [0.2, 0.25) is 0 Å². The molecule has 1 aromatic rings. The van der Waals surface area contributed by atoms with Gasteiger partial charge >= 0.3 is 0 Å². The molecule has 0 aliphatic rings. The van der Waals surface area contributed by atoms with Crippen molar-refractivity contribution in [1.29, 1.82) is 0 Å². The maximum absolute atomic E-state index is 4.35. The van der Waals surface area contributed by atoms with Crippen molar-refractivity contribution in [3.8, 4) is 0 Å². The third-order valence-electron chi connectivity index (χ3n) is 1.97. The molecular weight excluding hydrogens is 174 g/mol. The molecule has 1 aromatic heterocycles. The van der Waals surface area contributed by atoms with E-state index in [1.54, 1.807) is 6.08 Å². The molecule has 14 heavy (non-hydrogen) atoms. The normalized spacial score (nSPS) is 11.1. The molecule has 0 aromatic carbocycles. The van der Waals surface area contributed by atoms with Crippen LogP contribution in [0.4, 0.5) is 5.82 Å². The fourth-order valence-corrected chi connectivity index (χ4v) is 1.29. The Morgan fingerprint density at radius 2 is 2.29 bits per heavy atom. The first kappa shape index (κ1) is 10.6. The largest absolute Gasteiger partial charge is 0.373 e. The molecule has 0 fully saturated rings. The first-order valence-electron chi connectivity index (χ1n) is 4.74. The number of rotatable bonds is 4. The number of nitrogens with zero attached hydrogens (tertiary/aromatic N) is 2. The molecule has 0 radical (unpaired) electrons. The topological polar surface area (TPSA) is 29.9 Å². The van der Waals surface area contributed by atoms with Crippen molar-refractivity contribution >= 4 is 12.0 Å². The van der Waals surface area contributed by atoms with Crippen molar-refractivity contribution in [2.75, 3.05) is 12.4 Å². The Hall–Kier alpha value is -1.51. The average Bonchev–Trinajstić information content (AvgIpc) is 2.57. The highest BCUT2D eigenvalue weighted by Gasteiger charge is 2.09. The molecule has 0 atom stereocenters. The molecule has 0 bridgehead atoms. The lowest BCUT2D eigenvalue weighted by Gasteiger charge is -2.08. The lowest BCUT2D eigenvalue weighted by atomic mass is 10.2. The van der Waals surface area contributed by atoms with Crippen molar-refractivity contribution < 1.29 is 0 Å². The van der Waals surface area contributed by atoms with Gasteiger partial charge in [-0.25, -0.2) is 4.98 Å². The molecule has 1 rings (SSSR count). The van der Waals surface area contributed by atoms with Crippen LogP contribution < -0.4 is 5.32 Å². The first-order chi connectivity index (χ1) is 6.70. The second-order valence-corrected chi connectivity index (χ2v) is 3.35. The zero-order chi connectivity index (χ0) is 10.6. The highest BCUT2D eigenvalue weighted by molar-refractivity contribution is 5.45. The zero-order valence-corrected chi connectivity index (χ0v) is 8.99. The van der Waals surface area contributed by atoms with Crippen LogP contribution in [0.5, 0.6) is 0 Å². The number of anilines is 1. The predicted octanol–water partition coefficient (Wildman–Crippen LogP) is 2.70. The van der Waals surface area contributed by atoms with Crippen LogP contribution in [0.15, 0.2) is 24.9 Å². The third-order valence-corrected chi connectivity index (χ3v) is 1.97. The van der Waals surface area contributed by atoms with Crippen molar-refractivity contribution in [3.63, 3.8) is 0 Å². The summed E-state index contributed by atoms with van der Waals surface area (Å²) >= 11 is 0. The first-order valence-corrected chi connectivity index (χ1v) is 4.74. The van der Waals surface area contributed by atoms with Gasteiger partial charge in [-0.15, -0.1) is 0 Å². The number of nitrogens with one attached hydrogen (secondary N) is 1. The summed E-state index contributed by atoms with van der Waals surface area (Å²) < 4.78 is 2.03. The van der Waals surface area contributed by atoms with Crippen molar-refractivity contribution in [2.45, 2.75) is 19.8 Å². The number of aromatic nitrogens is 2. The Morgan fingerprint density at radius 1 is 1.57 bits per heavy atom. The maximum Gasteiger partial charge on any atom is 0.130 e. The smallest absolute Gasteiger partial charge is 0.130 e. The highest BCUT2D eigenvalue weighted by atomic mass is 15.2. The van der Waals surface area contributed by atoms with E-state index in [1.807, 2.05) is 30.1 Å². The minimum Gasteiger partial charge on any atom is -0.373 e. The Balaban J connectivity index is 3.12. The second-order valence-electron chi connectivity index (χ2n) is 3.35. The molecule has 76 valence electrons. The average molecular weight is 191 g/mol. The number of allylic oxidation sites excluding steroid dienone is 2. The van der Waals surface area contributed by atoms with Gasteiger partial charge in [-0.2, -0.15) is 0 Å². The summed E-state index contributed by atoms with van der Waals surface area (Å²) in [6.07, 6.45) is 7.45. The van der Waals surface area contributed by atoms with Crippen molar-refractivity contribution in [2.24, 2.45) is 0 Å². The summed E-state index contributed by atoms with van der Waals surface area (Å²) in [4.78, 5) is 4.35. The summed E-state index contributed by atoms with van der Waals surface area (Å²) in [7, 11) is 1.89. The minimum absolute atomic E-state index is 0.409. The van der Waals surface area contributed by atoms with Crippen LogP contribution in [0.2, 0.25) is 0 Å². The molecule has 1 heterocycles. The predicted molar refractivity (Wildman–Crippen MR) is 61.4 cm³/mol. The molecule has 0 aliphatic carbocycles. The number of imidazole rings is 1. The molecule has 0 saturated carbocycles. The quantitative estimate of drug-likeness (QED) is 0.741. The molecule has 0 spiro atoms. The summed E-state index contributed by atoms with van der Waals surface area (Å²) in [5, 5.41) is 3.09. The molecule has 1 N–H and O–H groups in total. The van der Waals surface area contributed by atoms with E-state index in [1.165, 1.54) is 0 Å². The Labute approximate surface area is 85.2 Å². The van der Waals surface area contributed by atoms with Gasteiger partial charge in [0.25, 0.3) is 0 Å². The molecule has 0 aliphatic heterocycles.